The Hall–Kier alpha value is -1.06. The molecule has 17 heavy (non-hydrogen) atoms. The van der Waals surface area contributed by atoms with Gasteiger partial charge in [-0.15, -0.1) is 0 Å². The van der Waals surface area contributed by atoms with Crippen LogP contribution in [0.25, 0.3) is 0 Å². The number of piperidine rings is 1. The van der Waals surface area contributed by atoms with Crippen LogP contribution in [0.15, 0.2) is 24.3 Å². The van der Waals surface area contributed by atoms with Gasteiger partial charge in [0.1, 0.15) is 0 Å². The largest absolute Gasteiger partial charge is 0.396 e. The molecular weight excluding hydrogens is 238 g/mol. The van der Waals surface area contributed by atoms with E-state index in [0.717, 1.165) is 12.1 Å². The number of hydrogen-bond donors (Lipinski definition) is 1. The van der Waals surface area contributed by atoms with Gasteiger partial charge < -0.3 is 10.0 Å². The topological polar surface area (TPSA) is 40.5 Å². The van der Waals surface area contributed by atoms with E-state index in [2.05, 4.69) is 0 Å². The number of hydrogen-bond acceptors (Lipinski definition) is 2. The van der Waals surface area contributed by atoms with Gasteiger partial charge in [0, 0.05) is 30.6 Å². The van der Waals surface area contributed by atoms with Crippen molar-refractivity contribution in [2.75, 3.05) is 13.2 Å². The molecule has 1 aliphatic carbocycles. The number of aliphatic hydroxyl groups is 1. The molecule has 3 unspecified atom stereocenters. The monoisotopic (exact) mass is 251 g/mol. The van der Waals surface area contributed by atoms with E-state index < -0.39 is 0 Å². The van der Waals surface area contributed by atoms with Gasteiger partial charge in [0.15, 0.2) is 0 Å². The van der Waals surface area contributed by atoms with Crippen molar-refractivity contribution in [3.05, 3.63) is 34.9 Å². The Kier molecular flexibility index (Phi) is 2.60. The lowest BCUT2D eigenvalue weighted by atomic mass is 10.2. The van der Waals surface area contributed by atoms with E-state index in [4.69, 9.17) is 16.7 Å². The maximum atomic E-state index is 12.0. The van der Waals surface area contributed by atoms with Crippen LogP contribution in [0.2, 0.25) is 5.02 Å². The summed E-state index contributed by atoms with van der Waals surface area (Å²) >= 11 is 5.91. The zero-order chi connectivity index (χ0) is 12.0. The van der Waals surface area contributed by atoms with Gasteiger partial charge in [-0.1, -0.05) is 23.7 Å². The Labute approximate surface area is 105 Å². The minimum atomic E-state index is 0.0826. The van der Waals surface area contributed by atoms with Gasteiger partial charge in [-0.2, -0.15) is 0 Å². The second kappa shape index (κ2) is 4.00. The first-order valence-corrected chi connectivity index (χ1v) is 6.22. The van der Waals surface area contributed by atoms with Crippen molar-refractivity contribution in [3.8, 4) is 0 Å². The molecule has 3 rings (SSSR count). The lowest BCUT2D eigenvalue weighted by Crippen LogP contribution is -2.30. The molecule has 1 heterocycles. The van der Waals surface area contributed by atoms with Crippen LogP contribution in [-0.4, -0.2) is 29.1 Å². The van der Waals surface area contributed by atoms with Gasteiger partial charge in [0.05, 0.1) is 0 Å². The molecule has 90 valence electrons. The highest BCUT2D eigenvalue weighted by molar-refractivity contribution is 6.30. The lowest BCUT2D eigenvalue weighted by molar-refractivity contribution is -0.131. The molecule has 3 atom stereocenters. The van der Waals surface area contributed by atoms with E-state index in [1.807, 2.05) is 29.2 Å². The molecule has 2 aliphatic rings. The molecule has 3 nitrogen and oxygen atoms in total. The number of rotatable bonds is 3. The van der Waals surface area contributed by atoms with Crippen molar-refractivity contribution in [1.82, 2.24) is 4.90 Å². The number of halogens is 1. The molecule has 0 aromatic heterocycles. The third-order valence-corrected chi connectivity index (χ3v) is 4.07. The van der Waals surface area contributed by atoms with Crippen LogP contribution in [-0.2, 0) is 11.3 Å². The number of aliphatic hydroxyl groups excluding tert-OH is 1. The molecule has 1 saturated heterocycles. The summed E-state index contributed by atoms with van der Waals surface area (Å²) in [7, 11) is 0. The summed E-state index contributed by atoms with van der Waals surface area (Å²) in [6.07, 6.45) is 0. The molecule has 1 saturated carbocycles. The highest BCUT2D eigenvalue weighted by atomic mass is 35.5. The number of fused-ring (bicyclic) bond motifs is 1. The second-order valence-electron chi connectivity index (χ2n) is 4.88. The third kappa shape index (κ3) is 1.83. The fourth-order valence-corrected chi connectivity index (χ4v) is 3.08. The Morgan fingerprint density at radius 1 is 1.47 bits per heavy atom. The average Bonchev–Trinajstić information content (AvgIpc) is 2.91. The quantitative estimate of drug-likeness (QED) is 0.885. The minimum absolute atomic E-state index is 0.0826. The van der Waals surface area contributed by atoms with Crippen molar-refractivity contribution >= 4 is 17.5 Å². The van der Waals surface area contributed by atoms with E-state index >= 15 is 0 Å². The van der Waals surface area contributed by atoms with Crippen molar-refractivity contribution in [1.29, 1.82) is 0 Å². The van der Waals surface area contributed by atoms with Gasteiger partial charge in [-0.05, 0) is 29.5 Å². The van der Waals surface area contributed by atoms with Crippen LogP contribution in [0.1, 0.15) is 5.56 Å². The number of carbonyl (C=O) groups excluding carboxylic acids is 1. The van der Waals surface area contributed by atoms with E-state index in [-0.39, 0.29) is 24.3 Å². The number of nitrogens with zero attached hydrogens (tertiary/aromatic N) is 1. The molecule has 0 bridgehead atoms. The number of carbonyl (C=O) groups is 1. The standard InChI is InChI=1S/C13H14ClNO2/c14-9-3-1-2-8(4-9)5-15-6-10-11(7-16)12(10)13(15)17/h1-4,10-12,16H,5-7H2. The molecule has 0 spiro atoms. The number of amides is 1. The molecule has 1 aromatic carbocycles. The highest BCUT2D eigenvalue weighted by Gasteiger charge is 2.60. The molecule has 0 radical (unpaired) electrons. The Morgan fingerprint density at radius 2 is 2.29 bits per heavy atom. The maximum absolute atomic E-state index is 12.0. The van der Waals surface area contributed by atoms with Gasteiger partial charge in [0.25, 0.3) is 0 Å². The number of benzene rings is 1. The molecule has 1 N–H and O–H groups in total. The summed E-state index contributed by atoms with van der Waals surface area (Å²) in [6.45, 7) is 1.55. The zero-order valence-electron chi connectivity index (χ0n) is 9.34. The van der Waals surface area contributed by atoms with Gasteiger partial charge in [-0.3, -0.25) is 4.79 Å². The van der Waals surface area contributed by atoms with E-state index in [9.17, 15) is 4.79 Å². The molecule has 2 fully saturated rings. The van der Waals surface area contributed by atoms with E-state index in [0.29, 0.717) is 17.5 Å². The molecule has 1 aliphatic heterocycles. The van der Waals surface area contributed by atoms with Crippen molar-refractivity contribution < 1.29 is 9.90 Å². The Bertz CT molecular complexity index is 462. The maximum Gasteiger partial charge on any atom is 0.226 e. The predicted octanol–water partition coefficient (Wildman–Crippen LogP) is 1.54. The van der Waals surface area contributed by atoms with Gasteiger partial charge >= 0.3 is 0 Å². The summed E-state index contributed by atoms with van der Waals surface area (Å²) < 4.78 is 0. The van der Waals surface area contributed by atoms with Crippen molar-refractivity contribution in [2.45, 2.75) is 6.54 Å². The molecule has 4 heteroatoms. The third-order valence-electron chi connectivity index (χ3n) is 3.83. The fraction of sp³-hybridized carbons (Fsp3) is 0.462. The minimum Gasteiger partial charge on any atom is -0.396 e. The van der Waals surface area contributed by atoms with Crippen LogP contribution in [0.3, 0.4) is 0 Å². The summed E-state index contributed by atoms with van der Waals surface area (Å²) in [4.78, 5) is 13.9. The van der Waals surface area contributed by atoms with Gasteiger partial charge in [-0.25, -0.2) is 0 Å². The normalized spacial score (nSPS) is 30.6. The second-order valence-corrected chi connectivity index (χ2v) is 5.32. The smallest absolute Gasteiger partial charge is 0.226 e. The van der Waals surface area contributed by atoms with Crippen LogP contribution >= 0.6 is 11.6 Å². The van der Waals surface area contributed by atoms with E-state index in [1.54, 1.807) is 0 Å². The lowest BCUT2D eigenvalue weighted by Gasteiger charge is -2.19. The molecular formula is C13H14ClNO2. The first kappa shape index (κ1) is 11.1. The van der Waals surface area contributed by atoms with Crippen molar-refractivity contribution in [2.24, 2.45) is 17.8 Å². The van der Waals surface area contributed by atoms with Crippen molar-refractivity contribution in [3.63, 3.8) is 0 Å². The Balaban J connectivity index is 1.67. The molecule has 1 amide bonds. The molecule has 1 aromatic rings. The van der Waals surface area contributed by atoms with Crippen LogP contribution in [0.4, 0.5) is 0 Å². The van der Waals surface area contributed by atoms with Crippen LogP contribution in [0, 0.1) is 17.8 Å². The highest BCUT2D eigenvalue weighted by Crippen LogP contribution is 2.52. The summed E-state index contributed by atoms with van der Waals surface area (Å²) in [6, 6.07) is 7.60. The first-order chi connectivity index (χ1) is 8.20. The summed E-state index contributed by atoms with van der Waals surface area (Å²) in [5.74, 6) is 0.873. The summed E-state index contributed by atoms with van der Waals surface area (Å²) in [5, 5.41) is 9.76. The summed E-state index contributed by atoms with van der Waals surface area (Å²) in [5.41, 5.74) is 1.06. The predicted molar refractivity (Wildman–Crippen MR) is 64.4 cm³/mol. The Morgan fingerprint density at radius 3 is 2.88 bits per heavy atom. The fourth-order valence-electron chi connectivity index (χ4n) is 2.86. The van der Waals surface area contributed by atoms with Crippen LogP contribution < -0.4 is 0 Å². The van der Waals surface area contributed by atoms with Crippen LogP contribution in [0.5, 0.6) is 0 Å². The van der Waals surface area contributed by atoms with E-state index in [1.165, 1.54) is 0 Å². The first-order valence-electron chi connectivity index (χ1n) is 5.85. The number of likely N-dealkylation sites (tertiary alicyclic amines) is 1. The zero-order valence-corrected chi connectivity index (χ0v) is 10.1. The average molecular weight is 252 g/mol. The van der Waals surface area contributed by atoms with Gasteiger partial charge in [0.2, 0.25) is 5.91 Å². The SMILES string of the molecule is O=C1C2C(CO)C2CN1Cc1cccc(Cl)c1.